The van der Waals surface area contributed by atoms with Crippen LogP contribution in [0.2, 0.25) is 0 Å². The smallest absolute Gasteiger partial charge is 0.254 e. The van der Waals surface area contributed by atoms with E-state index in [4.69, 9.17) is 19.7 Å². The van der Waals surface area contributed by atoms with E-state index in [2.05, 4.69) is 57.1 Å². The summed E-state index contributed by atoms with van der Waals surface area (Å²) < 4.78 is 18.2. The van der Waals surface area contributed by atoms with Gasteiger partial charge in [-0.2, -0.15) is 0 Å². The van der Waals surface area contributed by atoms with Crippen LogP contribution in [0.25, 0.3) is 21.7 Å². The molecule has 0 aliphatic carbocycles. The molecule has 0 radical (unpaired) electrons. The van der Waals surface area contributed by atoms with E-state index in [-0.39, 0.29) is 48.1 Å². The summed E-state index contributed by atoms with van der Waals surface area (Å²) in [4.78, 5) is 44.3. The Morgan fingerprint density at radius 1 is 0.958 bits per heavy atom. The number of phenolic OH excluding ortho intramolecular Hbond substituents is 1. The van der Waals surface area contributed by atoms with Crippen molar-refractivity contribution < 1.29 is 33.8 Å². The van der Waals surface area contributed by atoms with Crippen LogP contribution in [0, 0.1) is 24.7 Å². The molecule has 3 aromatic heterocycles. The lowest BCUT2D eigenvalue weighted by molar-refractivity contribution is -0.141. The average molecular weight is 1000 g/mol. The number of rotatable bonds is 15. The number of thiazole rings is 1. The fourth-order valence-corrected chi connectivity index (χ4v) is 11.2. The summed E-state index contributed by atoms with van der Waals surface area (Å²) in [5, 5.41) is 36.8. The summed E-state index contributed by atoms with van der Waals surface area (Å²) in [5.41, 5.74) is 12.9. The van der Waals surface area contributed by atoms with Crippen LogP contribution < -0.4 is 20.7 Å². The molecule has 5 N–H and O–H groups in total. The first-order valence-electron chi connectivity index (χ1n) is 25.1. The number of carbonyl (C=O) groups excluding carboxylic acids is 2. The van der Waals surface area contributed by atoms with Crippen LogP contribution in [0.5, 0.6) is 11.6 Å². The van der Waals surface area contributed by atoms with Crippen molar-refractivity contribution in [1.82, 2.24) is 45.3 Å². The van der Waals surface area contributed by atoms with E-state index in [0.29, 0.717) is 55.0 Å². The second kappa shape index (κ2) is 22.7. The van der Waals surface area contributed by atoms with Crippen molar-refractivity contribution in [2.75, 3.05) is 102 Å². The Labute approximate surface area is 425 Å². The van der Waals surface area contributed by atoms with Gasteiger partial charge in [0.15, 0.2) is 11.6 Å². The van der Waals surface area contributed by atoms with Crippen LogP contribution in [0.1, 0.15) is 69.0 Å². The zero-order valence-electron chi connectivity index (χ0n) is 41.7. The first kappa shape index (κ1) is 50.8. The SMILES string of the molecule is Cc1ncsc1-c1ccc([C@H](C)NC(=O)[C@@H]2C[C@@H](O)CN2C(=O)C(c2cc(OCCN3CCN(CC#CCN4CCOC5(CCN(c6cc(-c7ccccc7O)nnc6N)CC5)C4)CC3)no2)C(C)C)cc1. The minimum atomic E-state index is -0.826. The zero-order valence-corrected chi connectivity index (χ0v) is 42.5. The van der Waals surface area contributed by atoms with Gasteiger partial charge in [-0.3, -0.25) is 24.3 Å². The van der Waals surface area contributed by atoms with Crippen molar-refractivity contribution in [3.63, 3.8) is 0 Å². The summed E-state index contributed by atoms with van der Waals surface area (Å²) in [6.45, 7) is 17.9. The number of ether oxygens (including phenoxy) is 2. The molecule has 4 aliphatic heterocycles. The lowest BCUT2D eigenvalue weighted by Gasteiger charge is -2.47. The Morgan fingerprint density at radius 2 is 1.69 bits per heavy atom. The molecule has 19 heteroatoms. The van der Waals surface area contributed by atoms with Gasteiger partial charge < -0.3 is 45.1 Å². The molecule has 4 atom stereocenters. The first-order valence-corrected chi connectivity index (χ1v) is 26.0. The van der Waals surface area contributed by atoms with Crippen molar-refractivity contribution in [3.8, 4) is 45.2 Å². The number of β-amino-alcohol motifs (C(OH)–C–C–N with tert-alkyl or cyclic N) is 1. The molecule has 382 valence electrons. The fraction of sp³-hybridized carbons (Fsp3) is 0.509. The van der Waals surface area contributed by atoms with Crippen LogP contribution in [-0.2, 0) is 14.3 Å². The second-order valence-electron chi connectivity index (χ2n) is 19.9. The number of hydrogen-bond acceptors (Lipinski definition) is 17. The van der Waals surface area contributed by atoms with Gasteiger partial charge in [0, 0.05) is 83.5 Å². The highest BCUT2D eigenvalue weighted by Gasteiger charge is 2.44. The fourth-order valence-electron chi connectivity index (χ4n) is 10.4. The maximum Gasteiger partial charge on any atom is 0.254 e. The van der Waals surface area contributed by atoms with E-state index in [1.54, 1.807) is 29.5 Å². The summed E-state index contributed by atoms with van der Waals surface area (Å²) in [5.74, 6) is 6.57. The molecule has 0 bridgehead atoms. The van der Waals surface area contributed by atoms with Gasteiger partial charge >= 0.3 is 0 Å². The van der Waals surface area contributed by atoms with Crippen molar-refractivity contribution in [1.29, 1.82) is 0 Å². The predicted molar refractivity (Wildman–Crippen MR) is 275 cm³/mol. The number of nitrogens with one attached hydrogen (secondary N) is 1. The van der Waals surface area contributed by atoms with Gasteiger partial charge in [0.1, 0.15) is 24.3 Å². The number of anilines is 2. The molecule has 4 saturated heterocycles. The van der Waals surface area contributed by atoms with Crippen molar-refractivity contribution in [3.05, 3.63) is 83.2 Å². The Bertz CT molecular complexity index is 2700. The standard InChI is InChI=1S/C53H67N11O7S/c1-35(2)48(52(68)64-32-40(65)29-44(64)51(67)56-36(3)38-11-13-39(14-12-38)49-37(4)55-34-72-49)46-31-47(59-71-46)69-27-25-61-23-21-60(22-24-61)17-7-8-18-62-26-28-70-53(33-62)15-19-63(20-16-53)43-30-42(57-58-50(43)54)41-9-5-6-10-45(41)66/h5-6,9-14,30-31,34-36,40,44,48,65-66H,15-29,32-33H2,1-4H3,(H2,54,58)(H,56,67)/t36-,40+,44-,48?/m0/s1. The number of piperazine rings is 1. The van der Waals surface area contributed by atoms with E-state index < -0.39 is 18.1 Å². The Balaban J connectivity index is 0.688. The summed E-state index contributed by atoms with van der Waals surface area (Å²) >= 11 is 1.59. The van der Waals surface area contributed by atoms with Gasteiger partial charge in [0.05, 0.1) is 64.9 Å². The third-order valence-corrected chi connectivity index (χ3v) is 15.5. The number of carbonyl (C=O) groups is 2. The van der Waals surface area contributed by atoms with Gasteiger partial charge in [-0.25, -0.2) is 4.98 Å². The second-order valence-corrected chi connectivity index (χ2v) is 20.7. The van der Waals surface area contributed by atoms with Gasteiger partial charge in [0.25, 0.3) is 5.88 Å². The van der Waals surface area contributed by atoms with E-state index >= 15 is 0 Å². The van der Waals surface area contributed by atoms with Gasteiger partial charge in [-0.15, -0.1) is 21.5 Å². The average Bonchev–Trinajstić information content (AvgIpc) is 4.14. The van der Waals surface area contributed by atoms with Gasteiger partial charge in [0.2, 0.25) is 11.8 Å². The first-order chi connectivity index (χ1) is 34.8. The summed E-state index contributed by atoms with van der Waals surface area (Å²) in [6.07, 6.45) is 1.05. The monoisotopic (exact) mass is 1000 g/mol. The molecule has 1 spiro atoms. The summed E-state index contributed by atoms with van der Waals surface area (Å²) in [7, 11) is 0. The molecule has 2 aromatic carbocycles. The highest BCUT2D eigenvalue weighted by Crippen LogP contribution is 2.37. The third-order valence-electron chi connectivity index (χ3n) is 14.6. The normalized spacial score (nSPS) is 20.6. The van der Waals surface area contributed by atoms with E-state index in [1.807, 2.05) is 75.7 Å². The molecule has 4 fully saturated rings. The quantitative estimate of drug-likeness (QED) is 0.104. The number of aliphatic hydroxyl groups excluding tert-OH is 1. The number of benzene rings is 2. The number of para-hydroxylation sites is 1. The Kier molecular flexibility index (Phi) is 16.0. The van der Waals surface area contributed by atoms with Crippen LogP contribution in [0.4, 0.5) is 11.5 Å². The molecular weight excluding hydrogens is 935 g/mol. The molecule has 72 heavy (non-hydrogen) atoms. The number of morpholine rings is 1. The number of amides is 2. The van der Waals surface area contributed by atoms with Crippen LogP contribution in [0.15, 0.2) is 70.7 Å². The minimum absolute atomic E-state index is 0.0558. The number of nitrogens with zero attached hydrogens (tertiary/aromatic N) is 9. The summed E-state index contributed by atoms with van der Waals surface area (Å²) in [6, 6.07) is 17.6. The molecule has 1 unspecified atom stereocenters. The number of nitrogen functional groups attached to an aromatic ring is 1. The van der Waals surface area contributed by atoms with Crippen molar-refractivity contribution >= 4 is 34.7 Å². The Hall–Kier alpha value is -6.14. The molecule has 9 rings (SSSR count). The molecule has 7 heterocycles. The zero-order chi connectivity index (χ0) is 50.4. The van der Waals surface area contributed by atoms with Crippen molar-refractivity contribution in [2.24, 2.45) is 5.92 Å². The minimum Gasteiger partial charge on any atom is -0.507 e. The molecule has 0 saturated carbocycles. The molecular formula is C53H67N11O7S. The van der Waals surface area contributed by atoms with Crippen molar-refractivity contribution in [2.45, 2.75) is 76.7 Å². The predicted octanol–water partition coefficient (Wildman–Crippen LogP) is 4.80. The topological polar surface area (TPSA) is 212 Å². The van der Waals surface area contributed by atoms with E-state index in [0.717, 1.165) is 99.1 Å². The molecule has 2 amide bonds. The number of aromatic nitrogens is 4. The lowest BCUT2D eigenvalue weighted by Crippen LogP contribution is -2.57. The number of piperidine rings is 1. The Morgan fingerprint density at radius 3 is 2.42 bits per heavy atom. The van der Waals surface area contributed by atoms with Gasteiger partial charge in [-0.05, 0) is 67.1 Å². The number of aromatic hydroxyl groups is 1. The van der Waals surface area contributed by atoms with Crippen LogP contribution >= 0.6 is 11.3 Å². The third kappa shape index (κ3) is 11.9. The lowest BCUT2D eigenvalue weighted by atomic mass is 9.89. The van der Waals surface area contributed by atoms with Crippen LogP contribution in [0.3, 0.4) is 0 Å². The molecule has 18 nitrogen and oxygen atoms in total. The van der Waals surface area contributed by atoms with Crippen LogP contribution in [-0.4, -0.2) is 171 Å². The molecule has 5 aromatic rings. The number of hydrogen-bond donors (Lipinski definition) is 4. The van der Waals surface area contributed by atoms with E-state index in [9.17, 15) is 19.8 Å². The number of nitrogens with two attached hydrogens (primary N) is 1. The highest BCUT2D eigenvalue weighted by atomic mass is 32.1. The maximum atomic E-state index is 14.2. The maximum absolute atomic E-state index is 14.2. The van der Waals surface area contributed by atoms with Gasteiger partial charge in [-0.1, -0.05) is 62.1 Å². The molecule has 4 aliphatic rings. The number of aryl methyl sites for hydroxylation is 1. The number of likely N-dealkylation sites (tertiary alicyclic amines) is 1. The number of aliphatic hydroxyl groups is 1. The highest BCUT2D eigenvalue weighted by molar-refractivity contribution is 7.13. The van der Waals surface area contributed by atoms with E-state index in [1.165, 1.54) is 4.90 Å². The largest absolute Gasteiger partial charge is 0.507 e. The number of phenols is 1.